The minimum absolute atomic E-state index is 0.271. The molecule has 0 aliphatic heterocycles. The Morgan fingerprint density at radius 2 is 1.97 bits per heavy atom. The van der Waals surface area contributed by atoms with Crippen LogP contribution in [0.1, 0.15) is 39.4 Å². The predicted octanol–water partition coefficient (Wildman–Crippen LogP) is 5.50. The molecule has 1 aliphatic rings. The molecule has 3 aromatic heterocycles. The maximum absolute atomic E-state index is 12.6. The number of fused-ring (bicyclic) bond motifs is 1. The van der Waals surface area contributed by atoms with E-state index in [9.17, 15) is 4.79 Å². The van der Waals surface area contributed by atoms with E-state index in [1.165, 1.54) is 22.3 Å². The van der Waals surface area contributed by atoms with E-state index in [0.29, 0.717) is 11.7 Å². The van der Waals surface area contributed by atoms with Gasteiger partial charge in [-0.1, -0.05) is 35.0 Å². The Hall–Kier alpha value is -3.19. The molecule has 6 nitrogen and oxygen atoms in total. The summed E-state index contributed by atoms with van der Waals surface area (Å²) < 4.78 is 10.9. The second kappa shape index (κ2) is 7.33. The van der Waals surface area contributed by atoms with E-state index < -0.39 is 0 Å². The number of carbonyl (C=O) groups excluding carboxylic acids is 1. The predicted molar refractivity (Wildman–Crippen MR) is 111 cm³/mol. The third kappa shape index (κ3) is 3.38. The van der Waals surface area contributed by atoms with E-state index in [1.54, 1.807) is 23.5 Å². The van der Waals surface area contributed by atoms with Gasteiger partial charge in [-0.25, -0.2) is 0 Å². The van der Waals surface area contributed by atoms with Gasteiger partial charge in [-0.15, -0.1) is 11.3 Å². The molecule has 4 aromatic rings. The highest BCUT2D eigenvalue weighted by Gasteiger charge is 2.27. The van der Waals surface area contributed by atoms with Crippen molar-refractivity contribution >= 4 is 22.2 Å². The molecule has 1 aromatic carbocycles. The van der Waals surface area contributed by atoms with Crippen LogP contribution in [0.25, 0.3) is 22.8 Å². The SMILES string of the molecule is Cc1ccc(-c2noc(-c3c(NC(=O)c4ccco4)sc4c3CCCC4)n2)cc1. The summed E-state index contributed by atoms with van der Waals surface area (Å²) in [6.07, 6.45) is 5.70. The van der Waals surface area contributed by atoms with Crippen molar-refractivity contribution in [3.8, 4) is 22.8 Å². The third-order valence-electron chi connectivity index (χ3n) is 5.09. The van der Waals surface area contributed by atoms with Crippen molar-refractivity contribution in [2.24, 2.45) is 0 Å². The topological polar surface area (TPSA) is 81.2 Å². The van der Waals surface area contributed by atoms with Crippen LogP contribution in [0, 0.1) is 6.92 Å². The molecule has 1 N–H and O–H groups in total. The van der Waals surface area contributed by atoms with Crippen LogP contribution in [0.15, 0.2) is 51.6 Å². The van der Waals surface area contributed by atoms with Gasteiger partial charge in [0.05, 0.1) is 11.8 Å². The molecule has 5 rings (SSSR count). The quantitative estimate of drug-likeness (QED) is 0.485. The lowest BCUT2D eigenvalue weighted by molar-refractivity contribution is 0.0997. The maximum Gasteiger partial charge on any atom is 0.291 e. The fourth-order valence-corrected chi connectivity index (χ4v) is 4.87. The molecule has 29 heavy (non-hydrogen) atoms. The van der Waals surface area contributed by atoms with Gasteiger partial charge in [0, 0.05) is 10.4 Å². The molecule has 0 atom stereocenters. The van der Waals surface area contributed by atoms with Crippen LogP contribution in [0.5, 0.6) is 0 Å². The summed E-state index contributed by atoms with van der Waals surface area (Å²) in [5, 5.41) is 7.90. The van der Waals surface area contributed by atoms with Crippen molar-refractivity contribution in [1.29, 1.82) is 0 Å². The van der Waals surface area contributed by atoms with Gasteiger partial charge in [-0.05, 0) is 50.3 Å². The van der Waals surface area contributed by atoms with E-state index in [0.717, 1.165) is 41.8 Å². The highest BCUT2D eigenvalue weighted by Crippen LogP contribution is 2.44. The molecule has 0 fully saturated rings. The summed E-state index contributed by atoms with van der Waals surface area (Å²) >= 11 is 1.59. The monoisotopic (exact) mass is 405 g/mol. The lowest BCUT2D eigenvalue weighted by Gasteiger charge is -2.11. The van der Waals surface area contributed by atoms with E-state index in [1.807, 2.05) is 31.2 Å². The van der Waals surface area contributed by atoms with Gasteiger partial charge < -0.3 is 14.3 Å². The minimum Gasteiger partial charge on any atom is -0.459 e. The second-order valence-electron chi connectivity index (χ2n) is 7.14. The third-order valence-corrected chi connectivity index (χ3v) is 6.30. The maximum atomic E-state index is 12.6. The lowest BCUT2D eigenvalue weighted by atomic mass is 9.95. The molecule has 1 amide bonds. The fourth-order valence-electron chi connectivity index (χ4n) is 3.60. The standard InChI is InChI=1S/C22H19N3O3S/c1-13-8-10-14(11-9-13)19-23-21(28-25-19)18-15-5-2-3-7-17(15)29-22(18)24-20(26)16-6-4-12-27-16/h4,6,8-12H,2-3,5,7H2,1H3,(H,24,26). The number of nitrogens with zero attached hydrogens (tertiary/aromatic N) is 2. The number of hydrogen-bond donors (Lipinski definition) is 1. The number of nitrogens with one attached hydrogen (secondary N) is 1. The number of aryl methyl sites for hydroxylation is 2. The molecule has 0 radical (unpaired) electrons. The molecule has 0 saturated carbocycles. The summed E-state index contributed by atoms with van der Waals surface area (Å²) in [7, 11) is 0. The Morgan fingerprint density at radius 3 is 2.76 bits per heavy atom. The van der Waals surface area contributed by atoms with E-state index >= 15 is 0 Å². The minimum atomic E-state index is -0.284. The van der Waals surface area contributed by atoms with Crippen molar-refractivity contribution in [3.63, 3.8) is 0 Å². The molecule has 0 saturated heterocycles. The van der Waals surface area contributed by atoms with Gasteiger partial charge in [0.1, 0.15) is 5.00 Å². The molecule has 0 bridgehead atoms. The number of carbonyl (C=O) groups is 1. The van der Waals surface area contributed by atoms with Gasteiger partial charge in [-0.2, -0.15) is 4.98 Å². The largest absolute Gasteiger partial charge is 0.459 e. The average molecular weight is 405 g/mol. The van der Waals surface area contributed by atoms with Gasteiger partial charge in [-0.3, -0.25) is 4.79 Å². The smallest absolute Gasteiger partial charge is 0.291 e. The zero-order valence-electron chi connectivity index (χ0n) is 15.9. The molecule has 0 spiro atoms. The van der Waals surface area contributed by atoms with Crippen LogP contribution in [0.3, 0.4) is 0 Å². The van der Waals surface area contributed by atoms with Crippen LogP contribution in [-0.4, -0.2) is 16.0 Å². The number of thiophene rings is 1. The average Bonchev–Trinajstić information content (AvgIpc) is 3.47. The summed E-state index contributed by atoms with van der Waals surface area (Å²) in [4.78, 5) is 18.5. The molecule has 146 valence electrons. The first kappa shape index (κ1) is 17.9. The zero-order chi connectivity index (χ0) is 19.8. The van der Waals surface area contributed by atoms with Crippen molar-refractivity contribution in [2.45, 2.75) is 32.6 Å². The van der Waals surface area contributed by atoms with Gasteiger partial charge >= 0.3 is 0 Å². The van der Waals surface area contributed by atoms with Crippen LogP contribution in [-0.2, 0) is 12.8 Å². The number of hydrogen-bond acceptors (Lipinski definition) is 6. The lowest BCUT2D eigenvalue weighted by Crippen LogP contribution is -2.10. The Labute approximate surface area is 171 Å². The molecule has 3 heterocycles. The number of aromatic nitrogens is 2. The fraction of sp³-hybridized carbons (Fsp3) is 0.227. The number of benzene rings is 1. The number of furan rings is 1. The van der Waals surface area contributed by atoms with Crippen LogP contribution in [0.4, 0.5) is 5.00 Å². The highest BCUT2D eigenvalue weighted by molar-refractivity contribution is 7.17. The van der Waals surface area contributed by atoms with Crippen LogP contribution >= 0.6 is 11.3 Å². The Bertz CT molecular complexity index is 1160. The molecule has 1 aliphatic carbocycles. The summed E-state index contributed by atoms with van der Waals surface area (Å²) in [6.45, 7) is 2.04. The van der Waals surface area contributed by atoms with Crippen molar-refractivity contribution < 1.29 is 13.7 Å². The molecular formula is C22H19N3O3S. The summed E-state index contributed by atoms with van der Waals surface area (Å²) in [6, 6.07) is 11.3. The second-order valence-corrected chi connectivity index (χ2v) is 8.24. The number of amides is 1. The molecule has 7 heteroatoms. The first-order chi connectivity index (χ1) is 14.2. The molecule has 0 unspecified atom stereocenters. The summed E-state index contributed by atoms with van der Waals surface area (Å²) in [5.41, 5.74) is 4.12. The normalized spacial score (nSPS) is 13.3. The Kier molecular flexibility index (Phi) is 4.52. The van der Waals surface area contributed by atoms with Crippen molar-refractivity contribution in [1.82, 2.24) is 10.1 Å². The van der Waals surface area contributed by atoms with E-state index in [4.69, 9.17) is 8.94 Å². The number of anilines is 1. The van der Waals surface area contributed by atoms with Crippen molar-refractivity contribution in [3.05, 3.63) is 64.4 Å². The first-order valence-corrected chi connectivity index (χ1v) is 10.4. The van der Waals surface area contributed by atoms with E-state index in [2.05, 4.69) is 15.5 Å². The zero-order valence-corrected chi connectivity index (χ0v) is 16.7. The van der Waals surface area contributed by atoms with Gasteiger partial charge in [0.2, 0.25) is 5.82 Å². The molecular weight excluding hydrogens is 386 g/mol. The number of rotatable bonds is 4. The summed E-state index contributed by atoms with van der Waals surface area (Å²) in [5.74, 6) is 0.968. The Morgan fingerprint density at radius 1 is 1.14 bits per heavy atom. The van der Waals surface area contributed by atoms with Gasteiger partial charge in [0.25, 0.3) is 11.8 Å². The van der Waals surface area contributed by atoms with Crippen LogP contribution in [0.2, 0.25) is 0 Å². The highest BCUT2D eigenvalue weighted by atomic mass is 32.1. The Balaban J connectivity index is 1.54. The van der Waals surface area contributed by atoms with E-state index in [-0.39, 0.29) is 11.7 Å². The van der Waals surface area contributed by atoms with Crippen molar-refractivity contribution in [2.75, 3.05) is 5.32 Å². The van der Waals surface area contributed by atoms with Gasteiger partial charge in [0.15, 0.2) is 5.76 Å². The van der Waals surface area contributed by atoms with Crippen LogP contribution < -0.4 is 5.32 Å². The first-order valence-electron chi connectivity index (χ1n) is 9.59.